The van der Waals surface area contributed by atoms with E-state index in [1.807, 2.05) is 6.92 Å². The van der Waals surface area contributed by atoms with Gasteiger partial charge in [-0.25, -0.2) is 0 Å². The number of esters is 2. The molecule has 1 N–H and O–H groups in total. The molecule has 5 nitrogen and oxygen atoms in total. The lowest BCUT2D eigenvalue weighted by Gasteiger charge is -2.15. The van der Waals surface area contributed by atoms with Crippen LogP contribution in [0.2, 0.25) is 0 Å². The first-order valence-electron chi connectivity index (χ1n) is 12.7. The molecule has 182 valence electrons. The van der Waals surface area contributed by atoms with Gasteiger partial charge in [-0.15, -0.1) is 0 Å². The smallest absolute Gasteiger partial charge is 0.306 e. The van der Waals surface area contributed by atoms with Gasteiger partial charge < -0.3 is 14.6 Å². The minimum absolute atomic E-state index is 0.0723. The van der Waals surface area contributed by atoms with E-state index in [0.29, 0.717) is 12.8 Å². The van der Waals surface area contributed by atoms with Gasteiger partial charge in [0, 0.05) is 12.8 Å². The molecule has 0 aromatic heterocycles. The minimum atomic E-state index is -0.763. The van der Waals surface area contributed by atoms with Crippen LogP contribution < -0.4 is 0 Å². The van der Waals surface area contributed by atoms with Crippen LogP contribution in [-0.2, 0) is 19.1 Å². The maximum atomic E-state index is 11.9. The zero-order valence-electron chi connectivity index (χ0n) is 20.2. The van der Waals surface area contributed by atoms with Gasteiger partial charge >= 0.3 is 11.9 Å². The molecule has 0 spiro atoms. The zero-order chi connectivity index (χ0) is 23.0. The summed E-state index contributed by atoms with van der Waals surface area (Å²) in [7, 11) is 0. The van der Waals surface area contributed by atoms with Gasteiger partial charge in [0.25, 0.3) is 0 Å². The Hall–Kier alpha value is -1.36. The Kier molecular flexibility index (Phi) is 22.3. The van der Waals surface area contributed by atoms with E-state index in [9.17, 15) is 14.7 Å². The number of hydrogen-bond donors (Lipinski definition) is 1. The number of aliphatic hydroxyl groups excluding tert-OH is 1. The van der Waals surface area contributed by atoms with E-state index in [4.69, 9.17) is 9.47 Å². The second-order valence-electron chi connectivity index (χ2n) is 8.42. The number of aliphatic hydroxyl groups is 1. The van der Waals surface area contributed by atoms with Crippen molar-refractivity contribution in [1.82, 2.24) is 0 Å². The van der Waals surface area contributed by atoms with Gasteiger partial charge in [-0.2, -0.15) is 0 Å². The van der Waals surface area contributed by atoms with Crippen LogP contribution in [0.25, 0.3) is 0 Å². The van der Waals surface area contributed by atoms with Crippen LogP contribution in [0.3, 0.4) is 0 Å². The quantitative estimate of drug-likeness (QED) is 0.116. The molecule has 0 radical (unpaired) electrons. The number of hydrogen-bond acceptors (Lipinski definition) is 5. The summed E-state index contributed by atoms with van der Waals surface area (Å²) in [5.74, 6) is -0.644. The van der Waals surface area contributed by atoms with Gasteiger partial charge in [0.1, 0.15) is 6.61 Å². The highest BCUT2D eigenvalue weighted by molar-refractivity contribution is 5.70. The number of carbonyl (C=O) groups is 2. The van der Waals surface area contributed by atoms with E-state index >= 15 is 0 Å². The third kappa shape index (κ3) is 21.7. The normalized spacial score (nSPS) is 12.2. The van der Waals surface area contributed by atoms with E-state index in [-0.39, 0.29) is 25.2 Å². The average Bonchev–Trinajstić information content (AvgIpc) is 2.77. The van der Waals surface area contributed by atoms with Crippen LogP contribution in [0.4, 0.5) is 0 Å². The lowest BCUT2D eigenvalue weighted by molar-refractivity contribution is -0.161. The van der Waals surface area contributed by atoms with Gasteiger partial charge in [0.2, 0.25) is 0 Å². The van der Waals surface area contributed by atoms with Gasteiger partial charge in [-0.1, -0.05) is 83.8 Å². The molecule has 0 aliphatic carbocycles. The first-order valence-corrected chi connectivity index (χ1v) is 12.7. The summed E-state index contributed by atoms with van der Waals surface area (Å²) in [6.07, 6.45) is 22.1. The molecule has 5 heteroatoms. The van der Waals surface area contributed by atoms with Crippen molar-refractivity contribution in [3.05, 3.63) is 12.2 Å². The summed E-state index contributed by atoms with van der Waals surface area (Å²) >= 11 is 0. The summed E-state index contributed by atoms with van der Waals surface area (Å²) < 4.78 is 10.2. The average molecular weight is 441 g/mol. The number of ether oxygens (including phenoxy) is 2. The number of carbonyl (C=O) groups excluding carboxylic acids is 2. The largest absolute Gasteiger partial charge is 0.462 e. The van der Waals surface area contributed by atoms with Crippen LogP contribution in [-0.4, -0.2) is 36.4 Å². The van der Waals surface area contributed by atoms with E-state index in [2.05, 4.69) is 19.1 Å². The van der Waals surface area contributed by atoms with Crippen LogP contribution in [0.15, 0.2) is 12.2 Å². The maximum Gasteiger partial charge on any atom is 0.306 e. The Labute approximate surface area is 191 Å². The molecule has 0 amide bonds. The molecule has 0 rings (SSSR count). The van der Waals surface area contributed by atoms with Crippen LogP contribution in [0.5, 0.6) is 0 Å². The molecule has 0 fully saturated rings. The van der Waals surface area contributed by atoms with Crippen molar-refractivity contribution < 1.29 is 24.2 Å². The Bertz CT molecular complexity index is 447. The summed E-state index contributed by atoms with van der Waals surface area (Å²) in [5, 5.41) is 9.29. The van der Waals surface area contributed by atoms with Gasteiger partial charge in [-0.3, -0.25) is 9.59 Å². The number of rotatable bonds is 22. The van der Waals surface area contributed by atoms with Crippen molar-refractivity contribution in [2.24, 2.45) is 0 Å². The van der Waals surface area contributed by atoms with Crippen molar-refractivity contribution in [2.75, 3.05) is 13.2 Å². The predicted octanol–water partition coefficient (Wildman–Crippen LogP) is 6.66. The fraction of sp³-hybridized carbons (Fsp3) is 0.846. The second kappa shape index (κ2) is 23.3. The Morgan fingerprint density at radius 2 is 1.23 bits per heavy atom. The molecule has 0 saturated carbocycles. The Morgan fingerprint density at radius 1 is 0.710 bits per heavy atom. The third-order valence-corrected chi connectivity index (χ3v) is 5.31. The fourth-order valence-electron chi connectivity index (χ4n) is 3.29. The van der Waals surface area contributed by atoms with Crippen molar-refractivity contribution in [3.8, 4) is 0 Å². The molecule has 0 heterocycles. The molecule has 1 atom stereocenters. The summed E-state index contributed by atoms with van der Waals surface area (Å²) in [6, 6.07) is 0. The molecule has 1 unspecified atom stereocenters. The third-order valence-electron chi connectivity index (χ3n) is 5.31. The maximum absolute atomic E-state index is 11.9. The molecule has 0 aromatic carbocycles. The summed E-state index contributed by atoms with van der Waals surface area (Å²) in [6.45, 7) is 3.85. The topological polar surface area (TPSA) is 72.8 Å². The van der Waals surface area contributed by atoms with Crippen LogP contribution in [0, 0.1) is 0 Å². The molecule has 31 heavy (non-hydrogen) atoms. The zero-order valence-corrected chi connectivity index (χ0v) is 20.2. The van der Waals surface area contributed by atoms with Gasteiger partial charge in [0.15, 0.2) is 6.10 Å². The Balaban J connectivity index is 3.53. The molecule has 0 aromatic rings. The van der Waals surface area contributed by atoms with E-state index in [1.54, 1.807) is 0 Å². The highest BCUT2D eigenvalue weighted by Crippen LogP contribution is 2.11. The standard InChI is InChI=1S/C26H48O5/c1-3-5-7-8-9-10-11-12-13-14-15-16-17-18-19-21-26(29)31-24(22-27)23-30-25(28)20-6-4-2/h12-13,24,27H,3-11,14-23H2,1-2H3/b13-12-. The molecule has 0 aliphatic rings. The fourth-order valence-corrected chi connectivity index (χ4v) is 3.29. The lowest BCUT2D eigenvalue weighted by Crippen LogP contribution is -2.28. The summed E-state index contributed by atoms with van der Waals surface area (Å²) in [5.41, 5.74) is 0. The van der Waals surface area contributed by atoms with Gasteiger partial charge in [-0.05, 0) is 38.5 Å². The van der Waals surface area contributed by atoms with Crippen molar-refractivity contribution in [3.63, 3.8) is 0 Å². The van der Waals surface area contributed by atoms with Crippen molar-refractivity contribution in [2.45, 2.75) is 129 Å². The molecule has 0 aliphatic heterocycles. The summed E-state index contributed by atoms with van der Waals surface area (Å²) in [4.78, 5) is 23.4. The van der Waals surface area contributed by atoms with Crippen molar-refractivity contribution in [1.29, 1.82) is 0 Å². The minimum Gasteiger partial charge on any atom is -0.462 e. The van der Waals surface area contributed by atoms with E-state index < -0.39 is 6.10 Å². The highest BCUT2D eigenvalue weighted by atomic mass is 16.6. The SMILES string of the molecule is CCCCCCCC/C=C\CCCCCCCC(=O)OC(CO)COC(=O)CCCC. The molecular formula is C26H48O5. The van der Waals surface area contributed by atoms with Crippen molar-refractivity contribution >= 4 is 11.9 Å². The Morgan fingerprint density at radius 3 is 1.81 bits per heavy atom. The number of unbranched alkanes of at least 4 members (excludes halogenated alkanes) is 12. The first kappa shape index (κ1) is 29.6. The lowest BCUT2D eigenvalue weighted by atomic mass is 10.1. The first-order chi connectivity index (χ1) is 15.1. The highest BCUT2D eigenvalue weighted by Gasteiger charge is 2.15. The monoisotopic (exact) mass is 440 g/mol. The molecule has 0 bridgehead atoms. The van der Waals surface area contributed by atoms with E-state index in [1.165, 1.54) is 57.8 Å². The molecule has 0 saturated heterocycles. The second-order valence-corrected chi connectivity index (χ2v) is 8.42. The predicted molar refractivity (Wildman–Crippen MR) is 127 cm³/mol. The van der Waals surface area contributed by atoms with Crippen LogP contribution in [0.1, 0.15) is 123 Å². The van der Waals surface area contributed by atoms with Crippen LogP contribution >= 0.6 is 0 Å². The number of allylic oxidation sites excluding steroid dienone is 2. The molecular weight excluding hydrogens is 392 g/mol. The van der Waals surface area contributed by atoms with Gasteiger partial charge in [0.05, 0.1) is 6.61 Å². The van der Waals surface area contributed by atoms with E-state index in [0.717, 1.165) is 38.5 Å².